The lowest BCUT2D eigenvalue weighted by molar-refractivity contribution is 0.0696. The van der Waals surface area contributed by atoms with Crippen molar-refractivity contribution in [3.05, 3.63) is 126 Å². The molecule has 220 valence electrons. The lowest BCUT2D eigenvalue weighted by Crippen LogP contribution is -2.29. The first kappa shape index (κ1) is 28.4. The lowest BCUT2D eigenvalue weighted by atomic mass is 10.0. The quantitative estimate of drug-likeness (QED) is 0.154. The average Bonchev–Trinajstić information content (AvgIpc) is 3.67. The van der Waals surface area contributed by atoms with Gasteiger partial charge in [-0.2, -0.15) is 0 Å². The Hall–Kier alpha value is -5.68. The summed E-state index contributed by atoms with van der Waals surface area (Å²) in [5, 5.41) is 22.9. The Labute approximate surface area is 257 Å². The zero-order valence-electron chi connectivity index (χ0n) is 23.2. The molecule has 3 aromatic carbocycles. The number of carbonyl (C=O) groups is 2. The second-order valence-corrected chi connectivity index (χ2v) is 10.3. The Morgan fingerprint density at radius 3 is 2.09 bits per heavy atom. The van der Waals surface area contributed by atoms with Gasteiger partial charge < -0.3 is 34.3 Å². The molecular formula is C33H25N3O7S. The number of rotatable bonds is 9. The molecular weight excluding hydrogens is 582 g/mol. The first-order chi connectivity index (χ1) is 21.3. The highest BCUT2D eigenvalue weighted by atomic mass is 32.1. The number of hydrogen-bond donors (Lipinski definition) is 3. The van der Waals surface area contributed by atoms with Gasteiger partial charge in [-0.05, 0) is 103 Å². The van der Waals surface area contributed by atoms with Gasteiger partial charge >= 0.3 is 11.9 Å². The van der Waals surface area contributed by atoms with E-state index in [0.29, 0.717) is 33.7 Å². The SMILES string of the molecule is COc1ccc(Oc2ccc(N3C(=S)N[C@@H](c4ccccn4)[C@@H]3c3ccc(-c4cc(C(=O)O)cc(C(=O)O)c4)o3)cc2)cc1. The van der Waals surface area contributed by atoms with Crippen LogP contribution in [0.3, 0.4) is 0 Å². The molecule has 0 radical (unpaired) electrons. The van der Waals surface area contributed by atoms with Crippen molar-refractivity contribution >= 4 is 35.0 Å². The number of nitrogens with zero attached hydrogens (tertiary/aromatic N) is 2. The molecule has 0 spiro atoms. The van der Waals surface area contributed by atoms with Crippen molar-refractivity contribution in [3.63, 3.8) is 0 Å². The zero-order valence-corrected chi connectivity index (χ0v) is 24.0. The summed E-state index contributed by atoms with van der Waals surface area (Å²) in [4.78, 5) is 29.8. The Morgan fingerprint density at radius 1 is 0.864 bits per heavy atom. The van der Waals surface area contributed by atoms with E-state index in [2.05, 4.69) is 10.3 Å². The third-order valence-electron chi connectivity index (χ3n) is 7.14. The van der Waals surface area contributed by atoms with Crippen molar-refractivity contribution in [1.29, 1.82) is 0 Å². The minimum absolute atomic E-state index is 0.161. The van der Waals surface area contributed by atoms with E-state index in [1.54, 1.807) is 25.4 Å². The predicted molar refractivity (Wildman–Crippen MR) is 166 cm³/mol. The fourth-order valence-corrected chi connectivity index (χ4v) is 5.41. The van der Waals surface area contributed by atoms with Gasteiger partial charge in [-0.25, -0.2) is 9.59 Å². The van der Waals surface area contributed by atoms with Crippen molar-refractivity contribution in [2.45, 2.75) is 12.1 Å². The van der Waals surface area contributed by atoms with Crippen LogP contribution in [0.2, 0.25) is 0 Å². The van der Waals surface area contributed by atoms with Crippen molar-refractivity contribution in [2.24, 2.45) is 0 Å². The number of aromatic nitrogens is 1. The van der Waals surface area contributed by atoms with E-state index < -0.39 is 24.0 Å². The maximum atomic E-state index is 11.7. The van der Waals surface area contributed by atoms with Crippen LogP contribution in [0.25, 0.3) is 11.3 Å². The molecule has 44 heavy (non-hydrogen) atoms. The van der Waals surface area contributed by atoms with Crippen LogP contribution in [0.1, 0.15) is 44.3 Å². The smallest absolute Gasteiger partial charge is 0.335 e. The molecule has 0 bridgehead atoms. The highest BCUT2D eigenvalue weighted by Crippen LogP contribution is 2.43. The summed E-state index contributed by atoms with van der Waals surface area (Å²) in [6.07, 6.45) is 1.70. The summed E-state index contributed by atoms with van der Waals surface area (Å²) in [6.45, 7) is 0. The summed E-state index contributed by atoms with van der Waals surface area (Å²) >= 11 is 5.80. The van der Waals surface area contributed by atoms with Crippen LogP contribution in [0, 0.1) is 0 Å². The highest BCUT2D eigenvalue weighted by Gasteiger charge is 2.42. The molecule has 0 amide bonds. The maximum Gasteiger partial charge on any atom is 0.335 e. The summed E-state index contributed by atoms with van der Waals surface area (Å²) in [6, 6.07) is 26.8. The van der Waals surface area contributed by atoms with Crippen molar-refractivity contribution < 1.29 is 33.7 Å². The monoisotopic (exact) mass is 607 g/mol. The number of thiocarbonyl (C=S) groups is 1. The summed E-state index contributed by atoms with van der Waals surface area (Å²) in [5.74, 6) is 0.355. The van der Waals surface area contributed by atoms with Crippen molar-refractivity contribution in [2.75, 3.05) is 12.0 Å². The van der Waals surface area contributed by atoms with E-state index in [4.69, 9.17) is 26.1 Å². The maximum absolute atomic E-state index is 11.7. The predicted octanol–water partition coefficient (Wildman–Crippen LogP) is 6.72. The van der Waals surface area contributed by atoms with E-state index in [-0.39, 0.29) is 11.1 Å². The number of carboxylic acid groups (broad SMARTS) is 2. The number of nitrogens with one attached hydrogen (secondary N) is 1. The number of benzene rings is 3. The van der Waals surface area contributed by atoms with Gasteiger partial charge in [-0.3, -0.25) is 4.98 Å². The summed E-state index contributed by atoms with van der Waals surface area (Å²) in [5.41, 5.74) is 1.51. The van der Waals surface area contributed by atoms with E-state index >= 15 is 0 Å². The first-order valence-electron chi connectivity index (χ1n) is 13.4. The third kappa shape index (κ3) is 5.68. The van der Waals surface area contributed by atoms with Gasteiger partial charge in [-0.15, -0.1) is 0 Å². The number of anilines is 1. The number of ether oxygens (including phenoxy) is 2. The molecule has 1 saturated heterocycles. The van der Waals surface area contributed by atoms with Gasteiger partial charge in [0.1, 0.15) is 34.8 Å². The molecule has 0 aliphatic carbocycles. The van der Waals surface area contributed by atoms with Gasteiger partial charge in [0, 0.05) is 17.4 Å². The number of aromatic carboxylic acids is 2. The summed E-state index contributed by atoms with van der Waals surface area (Å²) in [7, 11) is 1.60. The minimum atomic E-state index is -1.24. The molecule has 1 fully saturated rings. The molecule has 5 aromatic rings. The second-order valence-electron chi connectivity index (χ2n) is 9.88. The Bertz CT molecular complexity index is 1810. The summed E-state index contributed by atoms with van der Waals surface area (Å²) < 4.78 is 17.5. The van der Waals surface area contributed by atoms with E-state index in [1.165, 1.54) is 12.1 Å². The van der Waals surface area contributed by atoms with Gasteiger partial charge in [0.2, 0.25) is 0 Å². The van der Waals surface area contributed by atoms with Crippen LogP contribution in [-0.2, 0) is 0 Å². The van der Waals surface area contributed by atoms with Crippen LogP contribution >= 0.6 is 12.2 Å². The fraction of sp³-hybridized carbons (Fsp3) is 0.0909. The van der Waals surface area contributed by atoms with E-state index in [0.717, 1.165) is 23.2 Å². The first-order valence-corrected chi connectivity index (χ1v) is 13.9. The van der Waals surface area contributed by atoms with Gasteiger partial charge in [0.15, 0.2) is 5.11 Å². The number of pyridine rings is 1. The van der Waals surface area contributed by atoms with Crippen molar-refractivity contribution in [3.8, 4) is 28.6 Å². The standard InChI is InChI=1S/C33H25N3O7S/c1-41-23-9-11-25(12-10-23)42-24-7-5-22(6-8-24)36-30(29(35-33(36)44)26-4-2-3-15-34-26)28-14-13-27(43-28)19-16-20(31(37)38)18-21(17-19)32(39)40/h2-18,29-30H,1H3,(H,35,44)(H,37,38)(H,39,40)/t29-,30-/m0/s1. The fourth-order valence-electron chi connectivity index (χ4n) is 5.06. The molecule has 3 N–H and O–H groups in total. The minimum Gasteiger partial charge on any atom is -0.497 e. The molecule has 2 atom stereocenters. The third-order valence-corrected chi connectivity index (χ3v) is 7.45. The Kier molecular flexibility index (Phi) is 7.69. The van der Waals surface area contributed by atoms with E-state index in [9.17, 15) is 19.8 Å². The molecule has 1 aliphatic heterocycles. The number of carboxylic acids is 2. The van der Waals surface area contributed by atoms with Gasteiger partial charge in [0.05, 0.1) is 30.0 Å². The van der Waals surface area contributed by atoms with Gasteiger partial charge in [0.25, 0.3) is 0 Å². The molecule has 10 nitrogen and oxygen atoms in total. The molecule has 6 rings (SSSR count). The molecule has 0 saturated carbocycles. The Balaban J connectivity index is 1.36. The van der Waals surface area contributed by atoms with Gasteiger partial charge in [-0.1, -0.05) is 6.07 Å². The second kappa shape index (κ2) is 11.9. The largest absolute Gasteiger partial charge is 0.497 e. The topological polar surface area (TPSA) is 134 Å². The molecule has 3 heterocycles. The normalized spacial score (nSPS) is 15.9. The molecule has 2 aromatic heterocycles. The Morgan fingerprint density at radius 2 is 1.50 bits per heavy atom. The average molecular weight is 608 g/mol. The van der Waals surface area contributed by atoms with E-state index in [1.807, 2.05) is 71.6 Å². The molecule has 1 aliphatic rings. The molecule has 11 heteroatoms. The lowest BCUT2D eigenvalue weighted by Gasteiger charge is -2.26. The zero-order chi connectivity index (χ0) is 30.8. The highest BCUT2D eigenvalue weighted by molar-refractivity contribution is 7.80. The van der Waals surface area contributed by atoms with Crippen LogP contribution in [0.5, 0.6) is 17.2 Å². The van der Waals surface area contributed by atoms with Crippen LogP contribution in [0.15, 0.2) is 108 Å². The van der Waals surface area contributed by atoms with Crippen LogP contribution in [-0.4, -0.2) is 39.4 Å². The van der Waals surface area contributed by atoms with Crippen molar-refractivity contribution in [1.82, 2.24) is 10.3 Å². The number of hydrogen-bond acceptors (Lipinski definition) is 7. The van der Waals surface area contributed by atoms with Crippen LogP contribution in [0.4, 0.5) is 5.69 Å². The number of methoxy groups -OCH3 is 1. The molecule has 0 unspecified atom stereocenters. The van der Waals surface area contributed by atoms with Crippen LogP contribution < -0.4 is 19.7 Å². The number of furan rings is 1.